The highest BCUT2D eigenvalue weighted by Crippen LogP contribution is 1.97. The molecule has 1 aliphatic rings. The predicted octanol–water partition coefficient (Wildman–Crippen LogP) is -0.798. The zero-order valence-electron chi connectivity index (χ0n) is 7.47. The van der Waals surface area contributed by atoms with Crippen molar-refractivity contribution in [3.63, 3.8) is 0 Å². The molecule has 0 aromatic rings. The van der Waals surface area contributed by atoms with E-state index in [-0.39, 0.29) is 18.0 Å². The van der Waals surface area contributed by atoms with Crippen LogP contribution >= 0.6 is 0 Å². The molecule has 0 radical (unpaired) electrons. The van der Waals surface area contributed by atoms with E-state index in [1.807, 2.05) is 6.92 Å². The maximum atomic E-state index is 11.3. The summed E-state index contributed by atoms with van der Waals surface area (Å²) >= 11 is 0. The third-order valence-corrected chi connectivity index (χ3v) is 2.18. The Hall–Kier alpha value is -0.610. The van der Waals surface area contributed by atoms with Gasteiger partial charge in [0, 0.05) is 12.6 Å². The third kappa shape index (κ3) is 2.46. The van der Waals surface area contributed by atoms with Crippen molar-refractivity contribution in [3.05, 3.63) is 0 Å². The van der Waals surface area contributed by atoms with Crippen LogP contribution in [0.5, 0.6) is 0 Å². The van der Waals surface area contributed by atoms with Crippen molar-refractivity contribution < 1.29 is 4.79 Å². The standard InChI is InChI=1S/C8H17N3O/c1-2-7(9)8(12)11-6-3-4-10-5-6/h6-7,10H,2-5,9H2,1H3,(H,11,12)/t6?,7-/m0/s1. The van der Waals surface area contributed by atoms with Crippen molar-refractivity contribution in [2.24, 2.45) is 5.73 Å². The Labute approximate surface area is 72.9 Å². The Kier molecular flexibility index (Phi) is 3.49. The van der Waals surface area contributed by atoms with Gasteiger partial charge in [0.25, 0.3) is 0 Å². The summed E-state index contributed by atoms with van der Waals surface area (Å²) < 4.78 is 0. The maximum Gasteiger partial charge on any atom is 0.237 e. The van der Waals surface area contributed by atoms with Gasteiger partial charge in [-0.15, -0.1) is 0 Å². The highest BCUT2D eigenvalue weighted by Gasteiger charge is 2.19. The summed E-state index contributed by atoms with van der Waals surface area (Å²) in [5, 5.41) is 6.08. The van der Waals surface area contributed by atoms with Gasteiger partial charge in [0.1, 0.15) is 0 Å². The van der Waals surface area contributed by atoms with Crippen LogP contribution in [0, 0.1) is 0 Å². The van der Waals surface area contributed by atoms with E-state index in [9.17, 15) is 4.79 Å². The van der Waals surface area contributed by atoms with Crippen LogP contribution in [-0.4, -0.2) is 31.1 Å². The van der Waals surface area contributed by atoms with Gasteiger partial charge in [-0.05, 0) is 19.4 Å². The Morgan fingerprint density at radius 2 is 2.58 bits per heavy atom. The number of carbonyl (C=O) groups is 1. The van der Waals surface area contributed by atoms with Gasteiger partial charge in [-0.25, -0.2) is 0 Å². The second-order valence-electron chi connectivity index (χ2n) is 3.21. The van der Waals surface area contributed by atoms with E-state index in [1.54, 1.807) is 0 Å². The number of amides is 1. The summed E-state index contributed by atoms with van der Waals surface area (Å²) in [4.78, 5) is 11.3. The Balaban J connectivity index is 2.25. The number of rotatable bonds is 3. The smallest absolute Gasteiger partial charge is 0.237 e. The normalized spacial score (nSPS) is 25.3. The molecular weight excluding hydrogens is 154 g/mol. The first-order chi connectivity index (χ1) is 5.74. The molecule has 2 atom stereocenters. The summed E-state index contributed by atoms with van der Waals surface area (Å²) in [5.74, 6) is -0.0220. The van der Waals surface area contributed by atoms with Gasteiger partial charge in [-0.1, -0.05) is 6.92 Å². The first-order valence-electron chi connectivity index (χ1n) is 4.50. The molecule has 4 N–H and O–H groups in total. The second-order valence-corrected chi connectivity index (χ2v) is 3.21. The molecule has 1 fully saturated rings. The molecule has 0 saturated carbocycles. The Morgan fingerprint density at radius 3 is 3.08 bits per heavy atom. The lowest BCUT2D eigenvalue weighted by atomic mass is 10.2. The molecule has 0 aliphatic carbocycles. The molecule has 4 heteroatoms. The highest BCUT2D eigenvalue weighted by atomic mass is 16.2. The lowest BCUT2D eigenvalue weighted by Gasteiger charge is -2.14. The van der Waals surface area contributed by atoms with Crippen molar-refractivity contribution in [1.29, 1.82) is 0 Å². The van der Waals surface area contributed by atoms with Crippen LogP contribution in [0.15, 0.2) is 0 Å². The summed E-state index contributed by atoms with van der Waals surface area (Å²) in [6.45, 7) is 3.78. The zero-order chi connectivity index (χ0) is 8.97. The lowest BCUT2D eigenvalue weighted by Crippen LogP contribution is -2.45. The third-order valence-electron chi connectivity index (χ3n) is 2.18. The number of hydrogen-bond acceptors (Lipinski definition) is 3. The van der Waals surface area contributed by atoms with Crippen molar-refractivity contribution in [3.8, 4) is 0 Å². The van der Waals surface area contributed by atoms with E-state index in [0.717, 1.165) is 19.5 Å². The summed E-state index contributed by atoms with van der Waals surface area (Å²) in [7, 11) is 0. The summed E-state index contributed by atoms with van der Waals surface area (Å²) in [5.41, 5.74) is 5.56. The molecule has 1 amide bonds. The molecule has 0 spiro atoms. The fourth-order valence-electron chi connectivity index (χ4n) is 1.27. The minimum absolute atomic E-state index is 0.0220. The number of hydrogen-bond donors (Lipinski definition) is 3. The van der Waals surface area contributed by atoms with E-state index in [2.05, 4.69) is 10.6 Å². The van der Waals surface area contributed by atoms with Gasteiger partial charge in [0.2, 0.25) is 5.91 Å². The van der Waals surface area contributed by atoms with Crippen molar-refractivity contribution in [2.75, 3.05) is 13.1 Å². The van der Waals surface area contributed by atoms with E-state index in [0.29, 0.717) is 6.42 Å². The molecule has 0 aromatic carbocycles. The SMILES string of the molecule is CC[C@H](N)C(=O)NC1CCNC1. The van der Waals surface area contributed by atoms with Crippen LogP contribution in [0.1, 0.15) is 19.8 Å². The van der Waals surface area contributed by atoms with Gasteiger partial charge in [0.15, 0.2) is 0 Å². The molecule has 0 aromatic heterocycles. The first-order valence-corrected chi connectivity index (χ1v) is 4.50. The highest BCUT2D eigenvalue weighted by molar-refractivity contribution is 5.81. The van der Waals surface area contributed by atoms with E-state index in [4.69, 9.17) is 5.73 Å². The summed E-state index contributed by atoms with van der Waals surface area (Å²) in [6.07, 6.45) is 1.72. The molecule has 0 bridgehead atoms. The Morgan fingerprint density at radius 1 is 1.83 bits per heavy atom. The molecule has 1 unspecified atom stereocenters. The second kappa shape index (κ2) is 4.42. The van der Waals surface area contributed by atoms with E-state index < -0.39 is 0 Å². The monoisotopic (exact) mass is 171 g/mol. The van der Waals surface area contributed by atoms with Gasteiger partial charge in [-0.2, -0.15) is 0 Å². The van der Waals surface area contributed by atoms with E-state index in [1.165, 1.54) is 0 Å². The number of nitrogens with two attached hydrogens (primary N) is 1. The quantitative estimate of drug-likeness (QED) is 0.521. The van der Waals surface area contributed by atoms with Crippen LogP contribution in [0.3, 0.4) is 0 Å². The largest absolute Gasteiger partial charge is 0.351 e. The zero-order valence-corrected chi connectivity index (χ0v) is 7.47. The van der Waals surface area contributed by atoms with Gasteiger partial charge >= 0.3 is 0 Å². The van der Waals surface area contributed by atoms with Crippen LogP contribution in [0.25, 0.3) is 0 Å². The lowest BCUT2D eigenvalue weighted by molar-refractivity contribution is -0.123. The molecule has 4 nitrogen and oxygen atoms in total. The van der Waals surface area contributed by atoms with Crippen molar-refractivity contribution in [1.82, 2.24) is 10.6 Å². The fraction of sp³-hybridized carbons (Fsp3) is 0.875. The maximum absolute atomic E-state index is 11.3. The topological polar surface area (TPSA) is 67.2 Å². The van der Waals surface area contributed by atoms with Crippen LogP contribution in [0.4, 0.5) is 0 Å². The molecule has 70 valence electrons. The Bertz CT molecular complexity index is 154. The molecule has 1 aliphatic heterocycles. The molecule has 12 heavy (non-hydrogen) atoms. The van der Waals surface area contributed by atoms with Gasteiger partial charge in [-0.3, -0.25) is 4.79 Å². The fourth-order valence-corrected chi connectivity index (χ4v) is 1.27. The van der Waals surface area contributed by atoms with Crippen LogP contribution < -0.4 is 16.4 Å². The summed E-state index contributed by atoms with van der Waals surface area (Å²) in [6, 6.07) is -0.0549. The van der Waals surface area contributed by atoms with E-state index >= 15 is 0 Å². The average Bonchev–Trinajstić information content (AvgIpc) is 2.55. The van der Waals surface area contributed by atoms with Crippen LogP contribution in [0.2, 0.25) is 0 Å². The first kappa shape index (κ1) is 9.48. The van der Waals surface area contributed by atoms with Crippen molar-refractivity contribution >= 4 is 5.91 Å². The number of nitrogens with one attached hydrogen (secondary N) is 2. The van der Waals surface area contributed by atoms with Crippen molar-refractivity contribution in [2.45, 2.75) is 31.8 Å². The molecule has 1 heterocycles. The average molecular weight is 171 g/mol. The molecule has 1 rings (SSSR count). The predicted molar refractivity (Wildman–Crippen MR) is 47.7 cm³/mol. The van der Waals surface area contributed by atoms with Crippen LogP contribution in [-0.2, 0) is 4.79 Å². The van der Waals surface area contributed by atoms with Gasteiger partial charge in [0.05, 0.1) is 6.04 Å². The minimum atomic E-state index is -0.342. The number of carbonyl (C=O) groups excluding carboxylic acids is 1. The molecule has 1 saturated heterocycles. The minimum Gasteiger partial charge on any atom is -0.351 e. The van der Waals surface area contributed by atoms with Gasteiger partial charge < -0.3 is 16.4 Å². The molecular formula is C8H17N3O.